The van der Waals surface area contributed by atoms with E-state index in [4.69, 9.17) is 9.26 Å². The molecule has 7 nitrogen and oxygen atoms in total. The van der Waals surface area contributed by atoms with E-state index in [-0.39, 0.29) is 0 Å². The number of carbonyl (C=O) groups excluding carboxylic acids is 1. The Morgan fingerprint density at radius 2 is 2.00 bits per heavy atom. The van der Waals surface area contributed by atoms with Gasteiger partial charge < -0.3 is 14.6 Å². The third-order valence-electron chi connectivity index (χ3n) is 5.10. The van der Waals surface area contributed by atoms with Crippen molar-refractivity contribution in [1.82, 2.24) is 20.4 Å². The van der Waals surface area contributed by atoms with Gasteiger partial charge in [0, 0.05) is 6.04 Å². The van der Waals surface area contributed by atoms with Gasteiger partial charge in [0.1, 0.15) is 11.1 Å². The SMILES string of the molecule is CN(Cc1nc(C(C)(C)NC(=O)OC(C)(C)C)no1)[C@@H]1CCCc2ccccc21. The summed E-state index contributed by atoms with van der Waals surface area (Å²) in [7, 11) is 2.08. The molecule has 0 aliphatic heterocycles. The molecule has 2 aromatic rings. The Hall–Kier alpha value is -2.41. The molecule has 0 unspecified atom stereocenters. The molecule has 1 aromatic heterocycles. The second-order valence-corrected chi connectivity index (χ2v) is 9.29. The summed E-state index contributed by atoms with van der Waals surface area (Å²) in [5, 5.41) is 6.91. The molecule has 0 bridgehead atoms. The smallest absolute Gasteiger partial charge is 0.408 e. The average Bonchev–Trinajstić information content (AvgIpc) is 3.08. The molecule has 0 spiro atoms. The number of carbonyl (C=O) groups is 1. The van der Waals surface area contributed by atoms with Gasteiger partial charge in [0.25, 0.3) is 0 Å². The van der Waals surface area contributed by atoms with Crippen molar-refractivity contribution in [3.05, 3.63) is 47.1 Å². The van der Waals surface area contributed by atoms with Gasteiger partial charge in [-0.3, -0.25) is 4.90 Å². The number of hydrogen-bond acceptors (Lipinski definition) is 6. The molecular weight excluding hydrogens is 368 g/mol. The monoisotopic (exact) mass is 400 g/mol. The number of rotatable bonds is 5. The lowest BCUT2D eigenvalue weighted by Crippen LogP contribution is -2.44. The number of nitrogens with one attached hydrogen (secondary N) is 1. The number of aromatic nitrogens is 2. The van der Waals surface area contributed by atoms with Crippen LogP contribution in [-0.2, 0) is 23.2 Å². The molecule has 3 rings (SSSR count). The zero-order valence-electron chi connectivity index (χ0n) is 18.3. The standard InChI is InChI=1S/C22H32N4O3/c1-21(2,3)28-20(27)24-22(4,5)19-23-18(29-25-19)14-26(6)17-13-9-11-15-10-7-8-12-16(15)17/h7-8,10,12,17H,9,11,13-14H2,1-6H3,(H,24,27)/t17-/m1/s1. The number of hydrogen-bond donors (Lipinski definition) is 1. The highest BCUT2D eigenvalue weighted by Gasteiger charge is 2.31. The fraction of sp³-hybridized carbons (Fsp3) is 0.591. The minimum Gasteiger partial charge on any atom is -0.444 e. The van der Waals surface area contributed by atoms with E-state index >= 15 is 0 Å². The lowest BCUT2D eigenvalue weighted by Gasteiger charge is -2.32. The molecule has 1 amide bonds. The number of ether oxygens (including phenoxy) is 1. The fourth-order valence-corrected chi connectivity index (χ4v) is 3.70. The van der Waals surface area contributed by atoms with Crippen molar-refractivity contribution in [3.8, 4) is 0 Å². The molecule has 1 aliphatic carbocycles. The van der Waals surface area contributed by atoms with E-state index in [1.807, 2.05) is 34.6 Å². The summed E-state index contributed by atoms with van der Waals surface area (Å²) < 4.78 is 10.8. The minimum atomic E-state index is -0.805. The fourth-order valence-electron chi connectivity index (χ4n) is 3.70. The molecular formula is C22H32N4O3. The normalized spacial score (nSPS) is 17.1. The molecule has 29 heavy (non-hydrogen) atoms. The van der Waals surface area contributed by atoms with Crippen LogP contribution in [0.4, 0.5) is 4.79 Å². The summed E-state index contributed by atoms with van der Waals surface area (Å²) in [6.45, 7) is 9.68. The van der Waals surface area contributed by atoms with Gasteiger partial charge in [-0.15, -0.1) is 0 Å². The van der Waals surface area contributed by atoms with Crippen LogP contribution in [0.2, 0.25) is 0 Å². The van der Waals surface area contributed by atoms with Gasteiger partial charge in [0.05, 0.1) is 6.54 Å². The van der Waals surface area contributed by atoms with Crippen LogP contribution in [-0.4, -0.2) is 33.8 Å². The molecule has 1 aromatic carbocycles. The minimum absolute atomic E-state index is 0.336. The van der Waals surface area contributed by atoms with Crippen LogP contribution >= 0.6 is 0 Å². The molecule has 0 saturated heterocycles. The summed E-state index contributed by atoms with van der Waals surface area (Å²) in [5.74, 6) is 0.959. The molecule has 1 aliphatic rings. The van der Waals surface area contributed by atoms with E-state index in [9.17, 15) is 4.79 Å². The Morgan fingerprint density at radius 1 is 1.28 bits per heavy atom. The number of amides is 1. The predicted molar refractivity (Wildman–Crippen MR) is 110 cm³/mol. The number of alkyl carbamates (subject to hydrolysis) is 1. The van der Waals surface area contributed by atoms with Crippen molar-refractivity contribution < 1.29 is 14.1 Å². The van der Waals surface area contributed by atoms with Gasteiger partial charge in [-0.2, -0.15) is 4.98 Å². The first kappa shape index (κ1) is 21.3. The van der Waals surface area contributed by atoms with Gasteiger partial charge in [0.2, 0.25) is 5.89 Å². The third-order valence-corrected chi connectivity index (χ3v) is 5.10. The molecule has 0 fully saturated rings. The van der Waals surface area contributed by atoms with Crippen molar-refractivity contribution in [2.24, 2.45) is 0 Å². The van der Waals surface area contributed by atoms with E-state index < -0.39 is 17.2 Å². The highest BCUT2D eigenvalue weighted by molar-refractivity contribution is 5.68. The van der Waals surface area contributed by atoms with E-state index in [0.29, 0.717) is 24.3 Å². The first-order valence-corrected chi connectivity index (χ1v) is 10.2. The summed E-state index contributed by atoms with van der Waals surface area (Å²) in [6.07, 6.45) is 2.91. The van der Waals surface area contributed by atoms with Crippen molar-refractivity contribution >= 4 is 6.09 Å². The van der Waals surface area contributed by atoms with Crippen LogP contribution in [0.3, 0.4) is 0 Å². The zero-order valence-corrected chi connectivity index (χ0v) is 18.3. The topological polar surface area (TPSA) is 80.5 Å². The predicted octanol–water partition coefficient (Wildman–Crippen LogP) is 4.34. The summed E-state index contributed by atoms with van der Waals surface area (Å²) >= 11 is 0. The van der Waals surface area contributed by atoms with Gasteiger partial charge in [-0.25, -0.2) is 4.79 Å². The maximum atomic E-state index is 12.1. The Labute approximate surface area is 172 Å². The van der Waals surface area contributed by atoms with Crippen molar-refractivity contribution in [3.63, 3.8) is 0 Å². The molecule has 1 atom stereocenters. The Bertz CT molecular complexity index is 854. The summed E-state index contributed by atoms with van der Waals surface area (Å²) in [5.41, 5.74) is 1.43. The zero-order chi connectivity index (χ0) is 21.2. The van der Waals surface area contributed by atoms with Crippen LogP contribution in [0.5, 0.6) is 0 Å². The van der Waals surface area contributed by atoms with Crippen molar-refractivity contribution in [1.29, 1.82) is 0 Å². The quantitative estimate of drug-likeness (QED) is 0.804. The van der Waals surface area contributed by atoms with Crippen LogP contribution < -0.4 is 5.32 Å². The van der Waals surface area contributed by atoms with Gasteiger partial charge >= 0.3 is 6.09 Å². The van der Waals surface area contributed by atoms with E-state index in [1.165, 1.54) is 17.5 Å². The van der Waals surface area contributed by atoms with Gasteiger partial charge in [-0.1, -0.05) is 29.4 Å². The lowest BCUT2D eigenvalue weighted by atomic mass is 9.87. The van der Waals surface area contributed by atoms with Crippen LogP contribution in [0.1, 0.15) is 76.3 Å². The average molecular weight is 401 g/mol. The summed E-state index contributed by atoms with van der Waals surface area (Å²) in [4.78, 5) is 18.9. The molecule has 158 valence electrons. The Kier molecular flexibility index (Phi) is 5.98. The first-order valence-electron chi connectivity index (χ1n) is 10.2. The maximum absolute atomic E-state index is 12.1. The number of benzene rings is 1. The molecule has 1 heterocycles. The second kappa shape index (κ2) is 8.14. The second-order valence-electron chi connectivity index (χ2n) is 9.29. The lowest BCUT2D eigenvalue weighted by molar-refractivity contribution is 0.0465. The van der Waals surface area contributed by atoms with Crippen molar-refractivity contribution in [2.45, 2.75) is 77.6 Å². The number of aryl methyl sites for hydroxylation is 1. The molecule has 7 heteroatoms. The van der Waals surface area contributed by atoms with Crippen LogP contribution in [0, 0.1) is 0 Å². The number of nitrogens with zero attached hydrogens (tertiary/aromatic N) is 3. The highest BCUT2D eigenvalue weighted by Crippen LogP contribution is 2.34. The largest absolute Gasteiger partial charge is 0.444 e. The Morgan fingerprint density at radius 3 is 2.72 bits per heavy atom. The molecule has 0 saturated carbocycles. The van der Waals surface area contributed by atoms with Gasteiger partial charge in [0.15, 0.2) is 5.82 Å². The first-order chi connectivity index (χ1) is 13.5. The highest BCUT2D eigenvalue weighted by atomic mass is 16.6. The molecule has 0 radical (unpaired) electrons. The van der Waals surface area contributed by atoms with Gasteiger partial charge in [-0.05, 0) is 72.1 Å². The van der Waals surface area contributed by atoms with E-state index in [1.54, 1.807) is 0 Å². The molecule has 1 N–H and O–H groups in total. The van der Waals surface area contributed by atoms with E-state index in [0.717, 1.165) is 12.8 Å². The third kappa shape index (κ3) is 5.35. The van der Waals surface area contributed by atoms with Crippen LogP contribution in [0.25, 0.3) is 0 Å². The van der Waals surface area contributed by atoms with Crippen LogP contribution in [0.15, 0.2) is 28.8 Å². The number of fused-ring (bicyclic) bond motifs is 1. The van der Waals surface area contributed by atoms with E-state index in [2.05, 4.69) is 51.7 Å². The maximum Gasteiger partial charge on any atom is 0.408 e. The summed E-state index contributed by atoms with van der Waals surface area (Å²) in [6, 6.07) is 8.96. The van der Waals surface area contributed by atoms with Crippen molar-refractivity contribution in [2.75, 3.05) is 7.05 Å². The Balaban J connectivity index is 1.66.